The van der Waals surface area contributed by atoms with Gasteiger partial charge in [-0.2, -0.15) is 4.31 Å². The van der Waals surface area contributed by atoms with Crippen molar-refractivity contribution in [3.63, 3.8) is 0 Å². The number of nitrogens with one attached hydrogen (secondary N) is 1. The van der Waals surface area contributed by atoms with Crippen molar-refractivity contribution in [1.29, 1.82) is 0 Å². The number of carbonyl (C=O) groups excluding carboxylic acids is 1. The first-order chi connectivity index (χ1) is 20.4. The Kier molecular flexibility index (Phi) is 8.53. The largest absolute Gasteiger partial charge is 0.393 e. The first kappa shape index (κ1) is 28.7. The molecule has 3 aliphatic rings. The van der Waals surface area contributed by atoms with Gasteiger partial charge in [-0.3, -0.25) is 4.79 Å². The molecule has 0 atom stereocenters. The molecule has 11 heteroatoms. The van der Waals surface area contributed by atoms with Crippen LogP contribution in [-0.4, -0.2) is 94.9 Å². The number of rotatable bonds is 7. The highest BCUT2D eigenvalue weighted by Gasteiger charge is 2.30. The number of nitrogens with zero attached hydrogens (tertiary/aromatic N) is 5. The summed E-state index contributed by atoms with van der Waals surface area (Å²) in [5.41, 5.74) is 2.86. The van der Waals surface area contributed by atoms with Gasteiger partial charge in [0.2, 0.25) is 16.0 Å². The van der Waals surface area contributed by atoms with Crippen molar-refractivity contribution in [3.05, 3.63) is 66.4 Å². The van der Waals surface area contributed by atoms with Crippen LogP contribution in [0.3, 0.4) is 0 Å². The standard InChI is InChI=1S/C31H38N6O4S/c38-27-14-21-37(22-15-27)42(40,41)28-9-5-23(6-10-28)29-11-16-32-31(34-29)33-25-7-3-24(4-8-25)30(39)36-19-12-26(13-20-36)35-17-1-2-18-35/h3-11,16,26-27,38H,1-2,12-15,17-22H2,(H,32,33,34). The Bertz CT molecular complexity index is 1480. The van der Waals surface area contributed by atoms with Crippen molar-refractivity contribution < 1.29 is 18.3 Å². The molecule has 4 heterocycles. The molecule has 3 saturated heterocycles. The van der Waals surface area contributed by atoms with E-state index in [9.17, 15) is 18.3 Å². The van der Waals surface area contributed by atoms with Gasteiger partial charge in [0.1, 0.15) is 0 Å². The first-order valence-corrected chi connectivity index (χ1v) is 16.3. The van der Waals surface area contributed by atoms with Crippen molar-refractivity contribution in [3.8, 4) is 11.3 Å². The molecule has 0 bridgehead atoms. The van der Waals surface area contributed by atoms with Crippen LogP contribution in [0, 0.1) is 0 Å². The Hall–Kier alpha value is -3.38. The van der Waals surface area contributed by atoms with Crippen LogP contribution < -0.4 is 5.32 Å². The smallest absolute Gasteiger partial charge is 0.253 e. The highest BCUT2D eigenvalue weighted by atomic mass is 32.2. The van der Waals surface area contributed by atoms with Crippen LogP contribution in [0.2, 0.25) is 0 Å². The summed E-state index contributed by atoms with van der Waals surface area (Å²) in [6.45, 7) is 4.63. The lowest BCUT2D eigenvalue weighted by Gasteiger charge is -2.36. The van der Waals surface area contributed by atoms with E-state index in [-0.39, 0.29) is 10.8 Å². The second-order valence-electron chi connectivity index (χ2n) is 11.4. The van der Waals surface area contributed by atoms with Crippen LogP contribution in [0.4, 0.5) is 11.6 Å². The number of piperidine rings is 2. The molecular weight excluding hydrogens is 552 g/mol. The Morgan fingerprint density at radius 2 is 1.50 bits per heavy atom. The third-order valence-electron chi connectivity index (χ3n) is 8.66. The number of likely N-dealkylation sites (tertiary alicyclic amines) is 2. The lowest BCUT2D eigenvalue weighted by Crippen LogP contribution is -2.45. The minimum Gasteiger partial charge on any atom is -0.393 e. The highest BCUT2D eigenvalue weighted by Crippen LogP contribution is 2.26. The van der Waals surface area contributed by atoms with Gasteiger partial charge in [0.15, 0.2) is 0 Å². The number of carbonyl (C=O) groups is 1. The third-order valence-corrected chi connectivity index (χ3v) is 10.6. The number of benzene rings is 2. The van der Waals surface area contributed by atoms with E-state index in [1.165, 1.54) is 30.2 Å². The number of hydrogen-bond acceptors (Lipinski definition) is 8. The molecule has 1 amide bonds. The van der Waals surface area contributed by atoms with E-state index in [0.29, 0.717) is 49.2 Å². The highest BCUT2D eigenvalue weighted by molar-refractivity contribution is 7.89. The molecular formula is C31H38N6O4S. The lowest BCUT2D eigenvalue weighted by molar-refractivity contribution is 0.0644. The summed E-state index contributed by atoms with van der Waals surface area (Å²) >= 11 is 0. The average molecular weight is 591 g/mol. The van der Waals surface area contributed by atoms with E-state index in [0.717, 1.165) is 37.2 Å². The Balaban J connectivity index is 1.06. The van der Waals surface area contributed by atoms with Gasteiger partial charge in [-0.15, -0.1) is 0 Å². The average Bonchev–Trinajstić information content (AvgIpc) is 3.57. The summed E-state index contributed by atoms with van der Waals surface area (Å²) in [7, 11) is -3.61. The van der Waals surface area contributed by atoms with Crippen LogP contribution in [-0.2, 0) is 10.0 Å². The fraction of sp³-hybridized carbons (Fsp3) is 0.452. The van der Waals surface area contributed by atoms with Gasteiger partial charge < -0.3 is 20.2 Å². The molecule has 6 rings (SSSR count). The van der Waals surface area contributed by atoms with Gasteiger partial charge in [0, 0.05) is 55.2 Å². The predicted molar refractivity (Wildman–Crippen MR) is 161 cm³/mol. The number of aromatic nitrogens is 2. The van der Waals surface area contributed by atoms with Gasteiger partial charge in [0.05, 0.1) is 16.7 Å². The fourth-order valence-corrected chi connectivity index (χ4v) is 7.63. The van der Waals surface area contributed by atoms with Crippen LogP contribution in [0.5, 0.6) is 0 Å². The Morgan fingerprint density at radius 1 is 0.833 bits per heavy atom. The number of hydrogen-bond donors (Lipinski definition) is 2. The van der Waals surface area contributed by atoms with Gasteiger partial charge >= 0.3 is 0 Å². The van der Waals surface area contributed by atoms with Gasteiger partial charge in [0.25, 0.3) is 5.91 Å². The topological polar surface area (TPSA) is 119 Å². The fourth-order valence-electron chi connectivity index (χ4n) is 6.16. The molecule has 3 aliphatic heterocycles. The summed E-state index contributed by atoms with van der Waals surface area (Å²) in [5.74, 6) is 0.474. The maximum atomic E-state index is 13.1. The SMILES string of the molecule is O=C(c1ccc(Nc2nccc(-c3ccc(S(=O)(=O)N4CCC(O)CC4)cc3)n2)cc1)N1CCC(N2CCCC2)CC1. The Morgan fingerprint density at radius 3 is 2.17 bits per heavy atom. The van der Waals surface area contributed by atoms with E-state index in [1.54, 1.807) is 36.5 Å². The van der Waals surface area contributed by atoms with Crippen molar-refractivity contribution in [2.24, 2.45) is 0 Å². The van der Waals surface area contributed by atoms with E-state index in [4.69, 9.17) is 0 Å². The molecule has 0 saturated carbocycles. The van der Waals surface area contributed by atoms with E-state index in [1.807, 2.05) is 29.2 Å². The van der Waals surface area contributed by atoms with Crippen molar-refractivity contribution in [1.82, 2.24) is 24.1 Å². The second-order valence-corrected chi connectivity index (χ2v) is 13.3. The Labute approximate surface area is 247 Å². The van der Waals surface area contributed by atoms with Crippen LogP contribution in [0.1, 0.15) is 48.9 Å². The zero-order valence-corrected chi connectivity index (χ0v) is 24.5. The van der Waals surface area contributed by atoms with Crippen LogP contribution in [0.25, 0.3) is 11.3 Å². The molecule has 3 fully saturated rings. The normalized spacial score (nSPS) is 19.7. The van der Waals surface area contributed by atoms with Crippen molar-refractivity contribution in [2.45, 2.75) is 55.6 Å². The number of aliphatic hydroxyl groups is 1. The molecule has 0 radical (unpaired) electrons. The maximum Gasteiger partial charge on any atom is 0.253 e. The number of anilines is 2. The van der Waals surface area contributed by atoms with E-state index in [2.05, 4.69) is 20.2 Å². The number of aliphatic hydroxyl groups excluding tert-OH is 1. The molecule has 2 aromatic carbocycles. The summed E-state index contributed by atoms with van der Waals surface area (Å²) < 4.78 is 27.4. The number of amides is 1. The molecule has 0 aliphatic carbocycles. The van der Waals surface area contributed by atoms with E-state index < -0.39 is 16.1 Å². The van der Waals surface area contributed by atoms with Crippen molar-refractivity contribution in [2.75, 3.05) is 44.6 Å². The zero-order chi connectivity index (χ0) is 29.1. The monoisotopic (exact) mass is 590 g/mol. The van der Waals surface area contributed by atoms with Crippen LogP contribution >= 0.6 is 0 Å². The quantitative estimate of drug-likeness (QED) is 0.427. The first-order valence-electron chi connectivity index (χ1n) is 14.9. The van der Waals surface area contributed by atoms with Gasteiger partial charge in [-0.1, -0.05) is 12.1 Å². The summed E-state index contributed by atoms with van der Waals surface area (Å²) in [4.78, 5) is 26.8. The zero-order valence-electron chi connectivity index (χ0n) is 23.7. The maximum absolute atomic E-state index is 13.1. The molecule has 222 valence electrons. The van der Waals surface area contributed by atoms with E-state index >= 15 is 0 Å². The molecule has 2 N–H and O–H groups in total. The molecule has 10 nitrogen and oxygen atoms in total. The van der Waals surface area contributed by atoms with Gasteiger partial charge in [-0.05, 0) is 94.1 Å². The second kappa shape index (κ2) is 12.5. The minimum absolute atomic E-state index is 0.0722. The summed E-state index contributed by atoms with van der Waals surface area (Å²) in [5, 5.41) is 12.9. The molecule has 42 heavy (non-hydrogen) atoms. The third kappa shape index (κ3) is 6.34. The summed E-state index contributed by atoms with van der Waals surface area (Å²) in [6.07, 6.45) is 6.78. The summed E-state index contributed by atoms with van der Waals surface area (Å²) in [6, 6.07) is 16.4. The van der Waals surface area contributed by atoms with Gasteiger partial charge in [-0.25, -0.2) is 18.4 Å². The number of sulfonamides is 1. The molecule has 1 aromatic heterocycles. The molecule has 0 spiro atoms. The minimum atomic E-state index is -3.61. The lowest BCUT2D eigenvalue weighted by atomic mass is 10.0. The predicted octanol–water partition coefficient (Wildman–Crippen LogP) is 3.73. The van der Waals surface area contributed by atoms with Crippen LogP contribution in [0.15, 0.2) is 65.7 Å². The van der Waals surface area contributed by atoms with Crippen molar-refractivity contribution >= 4 is 27.6 Å². The molecule has 0 unspecified atom stereocenters. The molecule has 3 aromatic rings.